The number of rotatable bonds is 6. The van der Waals surface area contributed by atoms with Crippen molar-refractivity contribution in [1.29, 1.82) is 0 Å². The van der Waals surface area contributed by atoms with Gasteiger partial charge in [0.1, 0.15) is 16.5 Å². The predicted molar refractivity (Wildman–Crippen MR) is 88.2 cm³/mol. The van der Waals surface area contributed by atoms with Gasteiger partial charge in [-0.3, -0.25) is 0 Å². The minimum Gasteiger partial charge on any atom is -0.467 e. The molecular formula is C15H17F2N5O3S. The Morgan fingerprint density at radius 1 is 1.19 bits per heavy atom. The summed E-state index contributed by atoms with van der Waals surface area (Å²) in [4.78, 5) is 13.5. The summed E-state index contributed by atoms with van der Waals surface area (Å²) < 4.78 is 58.7. The summed E-state index contributed by atoms with van der Waals surface area (Å²) in [7, 11) is -2.89. The van der Waals surface area contributed by atoms with E-state index in [1.807, 2.05) is 4.90 Å². The van der Waals surface area contributed by atoms with E-state index in [-0.39, 0.29) is 18.4 Å². The van der Waals surface area contributed by atoms with Crippen LogP contribution in [0.1, 0.15) is 18.7 Å². The highest BCUT2D eigenvalue weighted by molar-refractivity contribution is 7.89. The molecule has 0 atom stereocenters. The van der Waals surface area contributed by atoms with Gasteiger partial charge in [-0.1, -0.05) is 0 Å². The molecule has 140 valence electrons. The van der Waals surface area contributed by atoms with Crippen LogP contribution in [0.5, 0.6) is 6.01 Å². The number of nitrogens with one attached hydrogen (secondary N) is 1. The average molecular weight is 385 g/mol. The number of nitrogens with zero attached hydrogens (tertiary/aromatic N) is 4. The molecule has 1 aliphatic heterocycles. The molecule has 2 heterocycles. The zero-order valence-electron chi connectivity index (χ0n) is 13.9. The van der Waals surface area contributed by atoms with E-state index in [0.717, 1.165) is 38.1 Å². The fourth-order valence-corrected chi connectivity index (χ4v) is 3.60. The number of benzene rings is 1. The summed E-state index contributed by atoms with van der Waals surface area (Å²) in [5, 5.41) is 0. The number of anilines is 1. The molecule has 1 N–H and O–H groups in total. The van der Waals surface area contributed by atoms with E-state index in [2.05, 4.69) is 19.7 Å². The second-order valence-corrected chi connectivity index (χ2v) is 7.37. The Morgan fingerprint density at radius 3 is 2.62 bits per heavy atom. The lowest BCUT2D eigenvalue weighted by atomic mass is 10.3. The third-order valence-electron chi connectivity index (χ3n) is 3.82. The van der Waals surface area contributed by atoms with Crippen molar-refractivity contribution in [1.82, 2.24) is 19.7 Å². The Bertz CT molecular complexity index is 904. The van der Waals surface area contributed by atoms with Crippen molar-refractivity contribution in [3.8, 4) is 6.01 Å². The predicted octanol–water partition coefficient (Wildman–Crippen LogP) is 1.24. The molecule has 0 radical (unpaired) electrons. The smallest absolute Gasteiger partial charge is 0.321 e. The van der Waals surface area contributed by atoms with Gasteiger partial charge in [0.2, 0.25) is 16.0 Å². The summed E-state index contributed by atoms with van der Waals surface area (Å²) in [5.41, 5.74) is 0. The maximum absolute atomic E-state index is 13.7. The highest BCUT2D eigenvalue weighted by atomic mass is 32.2. The van der Waals surface area contributed by atoms with Crippen LogP contribution in [0.3, 0.4) is 0 Å². The first-order valence-corrected chi connectivity index (χ1v) is 9.36. The third kappa shape index (κ3) is 4.05. The molecule has 1 aromatic carbocycles. The Labute approximate surface area is 149 Å². The summed E-state index contributed by atoms with van der Waals surface area (Å²) in [5.74, 6) is -1.41. The van der Waals surface area contributed by atoms with Crippen molar-refractivity contribution in [3.63, 3.8) is 0 Å². The van der Waals surface area contributed by atoms with Gasteiger partial charge < -0.3 is 9.64 Å². The molecule has 8 nitrogen and oxygen atoms in total. The molecule has 0 aliphatic carbocycles. The lowest BCUT2D eigenvalue weighted by molar-refractivity contribution is 0.375. The van der Waals surface area contributed by atoms with Crippen molar-refractivity contribution in [3.05, 3.63) is 35.7 Å². The molecule has 3 rings (SSSR count). The van der Waals surface area contributed by atoms with Crippen molar-refractivity contribution in [2.24, 2.45) is 0 Å². The molecular weight excluding hydrogens is 368 g/mol. The summed E-state index contributed by atoms with van der Waals surface area (Å²) >= 11 is 0. The van der Waals surface area contributed by atoms with Crippen LogP contribution in [-0.2, 0) is 16.6 Å². The fraction of sp³-hybridized carbons (Fsp3) is 0.400. The van der Waals surface area contributed by atoms with Gasteiger partial charge in [0.25, 0.3) is 0 Å². The van der Waals surface area contributed by atoms with Crippen molar-refractivity contribution in [2.45, 2.75) is 24.3 Å². The van der Waals surface area contributed by atoms with Gasteiger partial charge in [0, 0.05) is 13.1 Å². The highest BCUT2D eigenvalue weighted by Crippen LogP contribution is 2.19. The van der Waals surface area contributed by atoms with E-state index in [1.54, 1.807) is 0 Å². The minimum absolute atomic E-state index is 0.0491. The van der Waals surface area contributed by atoms with E-state index in [4.69, 9.17) is 4.74 Å². The minimum atomic E-state index is -4.28. The lowest BCUT2D eigenvalue weighted by Gasteiger charge is -2.16. The molecule has 2 aromatic rings. The van der Waals surface area contributed by atoms with Crippen molar-refractivity contribution < 1.29 is 21.9 Å². The number of sulfonamides is 1. The number of aromatic nitrogens is 3. The van der Waals surface area contributed by atoms with Gasteiger partial charge in [-0.2, -0.15) is 15.0 Å². The summed E-state index contributed by atoms with van der Waals surface area (Å²) in [6, 6.07) is 2.25. The molecule has 1 fully saturated rings. The SMILES string of the molecule is COc1nc(CNS(=O)(=O)c2cc(F)ccc2F)nc(N2CCCC2)n1. The summed E-state index contributed by atoms with van der Waals surface area (Å²) in [6.07, 6.45) is 2.02. The molecule has 0 spiro atoms. The van der Waals surface area contributed by atoms with Crippen molar-refractivity contribution >= 4 is 16.0 Å². The highest BCUT2D eigenvalue weighted by Gasteiger charge is 2.22. The normalized spacial score (nSPS) is 14.7. The zero-order chi connectivity index (χ0) is 18.7. The van der Waals surface area contributed by atoms with Crippen LogP contribution in [-0.4, -0.2) is 43.6 Å². The Kier molecular flexibility index (Phi) is 5.28. The van der Waals surface area contributed by atoms with Gasteiger partial charge in [-0.25, -0.2) is 21.9 Å². The summed E-state index contributed by atoms with van der Waals surface area (Å²) in [6.45, 7) is 1.25. The maximum Gasteiger partial charge on any atom is 0.321 e. The Hall–Kier alpha value is -2.40. The second-order valence-electron chi connectivity index (χ2n) is 5.63. The largest absolute Gasteiger partial charge is 0.467 e. The van der Waals surface area contributed by atoms with E-state index in [0.29, 0.717) is 12.0 Å². The number of halogens is 2. The number of hydrogen-bond acceptors (Lipinski definition) is 7. The van der Waals surface area contributed by atoms with Crippen LogP contribution >= 0.6 is 0 Å². The van der Waals surface area contributed by atoms with Gasteiger partial charge in [0.05, 0.1) is 13.7 Å². The number of methoxy groups -OCH3 is 1. The molecule has 0 saturated carbocycles. The van der Waals surface area contributed by atoms with Gasteiger partial charge in [0.15, 0.2) is 5.82 Å². The molecule has 0 amide bonds. The first kappa shape index (κ1) is 18.4. The Morgan fingerprint density at radius 2 is 1.92 bits per heavy atom. The van der Waals surface area contributed by atoms with E-state index < -0.39 is 26.6 Å². The lowest BCUT2D eigenvalue weighted by Crippen LogP contribution is -2.27. The molecule has 11 heteroatoms. The first-order chi connectivity index (χ1) is 12.4. The van der Waals surface area contributed by atoms with E-state index in [1.165, 1.54) is 7.11 Å². The zero-order valence-corrected chi connectivity index (χ0v) is 14.8. The first-order valence-electron chi connectivity index (χ1n) is 7.87. The van der Waals surface area contributed by atoms with Crippen LogP contribution < -0.4 is 14.4 Å². The quantitative estimate of drug-likeness (QED) is 0.799. The van der Waals surface area contributed by atoms with E-state index >= 15 is 0 Å². The average Bonchev–Trinajstić information content (AvgIpc) is 3.16. The number of hydrogen-bond donors (Lipinski definition) is 1. The van der Waals surface area contributed by atoms with Gasteiger partial charge >= 0.3 is 6.01 Å². The molecule has 1 aromatic heterocycles. The molecule has 0 unspecified atom stereocenters. The maximum atomic E-state index is 13.7. The standard InChI is InChI=1S/C15H17F2N5O3S/c1-25-15-20-13(19-14(21-15)22-6-2-3-7-22)9-18-26(23,24)12-8-10(16)4-5-11(12)17/h4-5,8,18H,2-3,6-7,9H2,1H3. The monoisotopic (exact) mass is 385 g/mol. The molecule has 0 bridgehead atoms. The second kappa shape index (κ2) is 7.46. The van der Waals surface area contributed by atoms with Crippen LogP contribution in [0, 0.1) is 11.6 Å². The fourth-order valence-electron chi connectivity index (χ4n) is 2.54. The van der Waals surface area contributed by atoms with Crippen LogP contribution in [0.2, 0.25) is 0 Å². The van der Waals surface area contributed by atoms with E-state index in [9.17, 15) is 17.2 Å². The van der Waals surface area contributed by atoms with Gasteiger partial charge in [-0.15, -0.1) is 0 Å². The van der Waals surface area contributed by atoms with Crippen LogP contribution in [0.4, 0.5) is 14.7 Å². The topological polar surface area (TPSA) is 97.3 Å². The van der Waals surface area contributed by atoms with Crippen LogP contribution in [0.15, 0.2) is 23.1 Å². The van der Waals surface area contributed by atoms with Crippen molar-refractivity contribution in [2.75, 3.05) is 25.1 Å². The van der Waals surface area contributed by atoms with Gasteiger partial charge in [-0.05, 0) is 31.0 Å². The van der Waals surface area contributed by atoms with Crippen LogP contribution in [0.25, 0.3) is 0 Å². The Balaban J connectivity index is 1.82. The molecule has 26 heavy (non-hydrogen) atoms. The molecule has 1 saturated heterocycles. The number of ether oxygens (including phenoxy) is 1. The molecule has 1 aliphatic rings. The third-order valence-corrected chi connectivity index (χ3v) is 5.24.